The SMILES string of the molecule is C=CC(CS(C)(=O)=O)C(C(C)C)(C(C)C)P(=O)(O)O. The zero-order valence-corrected chi connectivity index (χ0v) is 13.9. The van der Waals surface area contributed by atoms with Gasteiger partial charge in [-0.15, -0.1) is 6.58 Å². The quantitative estimate of drug-likeness (QED) is 0.554. The summed E-state index contributed by atoms with van der Waals surface area (Å²) in [7, 11) is -7.87. The van der Waals surface area contributed by atoms with E-state index in [0.29, 0.717) is 0 Å². The molecule has 0 heterocycles. The van der Waals surface area contributed by atoms with Crippen molar-refractivity contribution in [2.24, 2.45) is 17.8 Å². The maximum atomic E-state index is 12.1. The third-order valence-corrected chi connectivity index (χ3v) is 7.05. The molecule has 1 unspecified atom stereocenters. The molecule has 2 N–H and O–H groups in total. The smallest absolute Gasteiger partial charge is 0.324 e. The predicted molar refractivity (Wildman–Crippen MR) is 77.8 cm³/mol. The van der Waals surface area contributed by atoms with Gasteiger partial charge in [-0.25, -0.2) is 8.42 Å². The maximum Gasteiger partial charge on any atom is 0.332 e. The first-order valence-electron chi connectivity index (χ1n) is 6.16. The molecule has 0 fully saturated rings. The molecule has 5 nitrogen and oxygen atoms in total. The number of hydrogen-bond donors (Lipinski definition) is 2. The molecule has 0 saturated heterocycles. The van der Waals surface area contributed by atoms with Gasteiger partial charge in [0.25, 0.3) is 0 Å². The Bertz CT molecular complexity index is 453. The summed E-state index contributed by atoms with van der Waals surface area (Å²) in [5.74, 6) is -1.85. The highest BCUT2D eigenvalue weighted by Crippen LogP contribution is 2.62. The summed E-state index contributed by atoms with van der Waals surface area (Å²) in [4.78, 5) is 19.7. The molecule has 7 heteroatoms. The second kappa shape index (κ2) is 6.08. The summed E-state index contributed by atoms with van der Waals surface area (Å²) in [5.41, 5.74) is 0. The average Bonchev–Trinajstić information content (AvgIpc) is 2.11. The van der Waals surface area contributed by atoms with Crippen LogP contribution in [0.2, 0.25) is 0 Å². The van der Waals surface area contributed by atoms with Crippen LogP contribution in [0.1, 0.15) is 27.7 Å². The molecule has 0 bridgehead atoms. The van der Waals surface area contributed by atoms with Gasteiger partial charge in [0.1, 0.15) is 9.84 Å². The van der Waals surface area contributed by atoms with E-state index in [2.05, 4.69) is 6.58 Å². The van der Waals surface area contributed by atoms with E-state index < -0.39 is 28.5 Å². The van der Waals surface area contributed by atoms with E-state index in [9.17, 15) is 22.8 Å². The summed E-state index contributed by atoms with van der Waals surface area (Å²) < 4.78 is 35.1. The van der Waals surface area contributed by atoms with Crippen LogP contribution < -0.4 is 0 Å². The molecular weight excluding hydrogens is 287 g/mol. The molecule has 0 rings (SSSR count). The fraction of sp³-hybridized carbons (Fsp3) is 0.833. The highest BCUT2D eigenvalue weighted by molar-refractivity contribution is 7.90. The molecule has 0 saturated carbocycles. The van der Waals surface area contributed by atoms with Gasteiger partial charge >= 0.3 is 7.60 Å². The van der Waals surface area contributed by atoms with Gasteiger partial charge in [0.2, 0.25) is 0 Å². The molecule has 0 spiro atoms. The molecule has 0 aromatic heterocycles. The Labute approximate surface area is 116 Å². The first-order chi connectivity index (χ1) is 8.30. The van der Waals surface area contributed by atoms with Crippen LogP contribution in [-0.4, -0.2) is 35.4 Å². The molecule has 0 aromatic carbocycles. The van der Waals surface area contributed by atoms with Crippen molar-refractivity contribution in [2.45, 2.75) is 32.9 Å². The maximum absolute atomic E-state index is 12.1. The molecular formula is C12H25O5PS. The van der Waals surface area contributed by atoms with Crippen LogP contribution in [0.15, 0.2) is 12.7 Å². The summed E-state index contributed by atoms with van der Waals surface area (Å²) in [6.07, 6.45) is 2.43. The van der Waals surface area contributed by atoms with Crippen LogP contribution in [0.25, 0.3) is 0 Å². The van der Waals surface area contributed by atoms with Gasteiger partial charge in [0.15, 0.2) is 0 Å². The lowest BCUT2D eigenvalue weighted by molar-refractivity contribution is 0.201. The van der Waals surface area contributed by atoms with Gasteiger partial charge in [0, 0.05) is 12.2 Å². The molecule has 0 amide bonds. The predicted octanol–water partition coefficient (Wildman–Crippen LogP) is 2.06. The Morgan fingerprint density at radius 2 is 1.58 bits per heavy atom. The highest BCUT2D eigenvalue weighted by Gasteiger charge is 2.56. The van der Waals surface area contributed by atoms with E-state index in [4.69, 9.17) is 0 Å². The van der Waals surface area contributed by atoms with Gasteiger partial charge in [0.05, 0.1) is 10.9 Å². The van der Waals surface area contributed by atoms with Gasteiger partial charge in [-0.05, 0) is 11.8 Å². The van der Waals surface area contributed by atoms with Gasteiger partial charge in [-0.2, -0.15) is 0 Å². The number of allylic oxidation sites excluding steroid dienone is 1. The second-order valence-electron chi connectivity index (χ2n) is 5.68. The van der Waals surface area contributed by atoms with Crippen molar-refractivity contribution in [1.29, 1.82) is 0 Å². The minimum absolute atomic E-state index is 0.308. The molecule has 0 aromatic rings. The molecule has 1 atom stereocenters. The summed E-state index contributed by atoms with van der Waals surface area (Å²) in [5, 5.41) is -1.42. The van der Waals surface area contributed by atoms with Crippen LogP contribution in [-0.2, 0) is 14.4 Å². The summed E-state index contributed by atoms with van der Waals surface area (Å²) in [6, 6.07) is 0. The molecule has 114 valence electrons. The van der Waals surface area contributed by atoms with E-state index >= 15 is 0 Å². The highest BCUT2D eigenvalue weighted by atomic mass is 32.2. The van der Waals surface area contributed by atoms with Crippen LogP contribution >= 0.6 is 7.60 Å². The van der Waals surface area contributed by atoms with Crippen molar-refractivity contribution in [3.8, 4) is 0 Å². The molecule has 0 radical (unpaired) electrons. The Hall–Kier alpha value is -0.160. The van der Waals surface area contributed by atoms with E-state index in [0.717, 1.165) is 6.26 Å². The lowest BCUT2D eigenvalue weighted by Gasteiger charge is -2.46. The fourth-order valence-electron chi connectivity index (χ4n) is 3.13. The number of sulfone groups is 1. The van der Waals surface area contributed by atoms with Gasteiger partial charge < -0.3 is 9.79 Å². The summed E-state index contributed by atoms with van der Waals surface area (Å²) in [6.45, 7) is 10.4. The Morgan fingerprint density at radius 1 is 1.21 bits per heavy atom. The molecule has 0 aliphatic carbocycles. The van der Waals surface area contributed by atoms with Crippen molar-refractivity contribution in [3.63, 3.8) is 0 Å². The minimum atomic E-state index is -4.51. The van der Waals surface area contributed by atoms with E-state index in [1.807, 2.05) is 0 Å². The second-order valence-corrected chi connectivity index (χ2v) is 9.72. The zero-order chi connectivity index (χ0) is 15.6. The van der Waals surface area contributed by atoms with Crippen LogP contribution in [0.4, 0.5) is 0 Å². The van der Waals surface area contributed by atoms with E-state index in [-0.39, 0.29) is 17.6 Å². The van der Waals surface area contributed by atoms with Gasteiger partial charge in [-0.3, -0.25) is 4.57 Å². The Kier molecular flexibility index (Phi) is 6.03. The molecule has 19 heavy (non-hydrogen) atoms. The standard InChI is InChI=1S/C12H25O5PS/c1-7-11(8-19(6,16)17)12(9(2)3,10(4)5)18(13,14)15/h7,9-11H,1,8H2,2-6H3,(H2,13,14,15). The minimum Gasteiger partial charge on any atom is -0.324 e. The molecule has 0 aliphatic heterocycles. The third-order valence-electron chi connectivity index (χ3n) is 3.72. The van der Waals surface area contributed by atoms with Crippen LogP contribution in [0.3, 0.4) is 0 Å². The largest absolute Gasteiger partial charge is 0.332 e. The Morgan fingerprint density at radius 3 is 1.74 bits per heavy atom. The third kappa shape index (κ3) is 3.91. The monoisotopic (exact) mass is 312 g/mol. The van der Waals surface area contributed by atoms with E-state index in [1.54, 1.807) is 27.7 Å². The van der Waals surface area contributed by atoms with Crippen LogP contribution in [0.5, 0.6) is 0 Å². The first-order valence-corrected chi connectivity index (χ1v) is 9.83. The number of rotatable bonds is 7. The lowest BCUT2D eigenvalue weighted by atomic mass is 9.75. The van der Waals surface area contributed by atoms with Crippen LogP contribution in [0, 0.1) is 17.8 Å². The van der Waals surface area contributed by atoms with Gasteiger partial charge in [-0.1, -0.05) is 33.8 Å². The lowest BCUT2D eigenvalue weighted by Crippen LogP contribution is -2.49. The Balaban J connectivity index is 6.10. The topological polar surface area (TPSA) is 91.7 Å². The average molecular weight is 312 g/mol. The first kappa shape index (κ1) is 18.8. The summed E-state index contributed by atoms with van der Waals surface area (Å²) >= 11 is 0. The normalized spacial score (nSPS) is 15.8. The van der Waals surface area contributed by atoms with Crippen molar-refractivity contribution < 1.29 is 22.8 Å². The zero-order valence-electron chi connectivity index (χ0n) is 12.2. The fourth-order valence-corrected chi connectivity index (χ4v) is 6.29. The van der Waals surface area contributed by atoms with Crippen molar-refractivity contribution in [1.82, 2.24) is 0 Å². The van der Waals surface area contributed by atoms with E-state index in [1.165, 1.54) is 6.08 Å². The van der Waals surface area contributed by atoms with Crippen molar-refractivity contribution >= 4 is 17.4 Å². The van der Waals surface area contributed by atoms with Crippen molar-refractivity contribution in [2.75, 3.05) is 12.0 Å². The number of hydrogen-bond acceptors (Lipinski definition) is 3. The molecule has 0 aliphatic rings. The van der Waals surface area contributed by atoms with Crippen molar-refractivity contribution in [3.05, 3.63) is 12.7 Å².